The quantitative estimate of drug-likeness (QED) is 0.684. The fourth-order valence-corrected chi connectivity index (χ4v) is 4.37. The predicted molar refractivity (Wildman–Crippen MR) is 107 cm³/mol. The zero-order chi connectivity index (χ0) is 20.2. The third kappa shape index (κ3) is 2.57. The van der Waals surface area contributed by atoms with Gasteiger partial charge in [0.1, 0.15) is 12.4 Å². The van der Waals surface area contributed by atoms with Crippen LogP contribution in [-0.4, -0.2) is 46.0 Å². The highest BCUT2D eigenvalue weighted by atomic mass is 19.1. The molecule has 2 aromatic carbocycles. The zero-order valence-electron chi connectivity index (χ0n) is 15.9. The Balaban J connectivity index is 1.56. The highest BCUT2D eigenvalue weighted by Gasteiger charge is 2.54. The number of carbonyl (C=O) groups is 2. The molecule has 1 atom stereocenters. The van der Waals surface area contributed by atoms with Gasteiger partial charge < -0.3 is 9.88 Å². The van der Waals surface area contributed by atoms with E-state index in [4.69, 9.17) is 0 Å². The summed E-state index contributed by atoms with van der Waals surface area (Å²) < 4.78 is 13.1. The van der Waals surface area contributed by atoms with Gasteiger partial charge in [0, 0.05) is 17.4 Å². The van der Waals surface area contributed by atoms with Crippen molar-refractivity contribution in [3.8, 4) is 0 Å². The summed E-state index contributed by atoms with van der Waals surface area (Å²) in [6.07, 6.45) is 2.17. The molecule has 3 heterocycles. The number of rotatable bonds is 2. The number of hydrogen-bond donors (Lipinski definition) is 1. The number of aromatic amines is 1. The van der Waals surface area contributed by atoms with Crippen LogP contribution in [0.2, 0.25) is 0 Å². The summed E-state index contributed by atoms with van der Waals surface area (Å²) >= 11 is 0. The van der Waals surface area contributed by atoms with E-state index in [0.29, 0.717) is 18.5 Å². The van der Waals surface area contributed by atoms with Crippen molar-refractivity contribution in [2.45, 2.75) is 18.9 Å². The second-order valence-corrected chi connectivity index (χ2v) is 7.55. The van der Waals surface area contributed by atoms with Gasteiger partial charge in [0.05, 0.1) is 11.9 Å². The lowest BCUT2D eigenvalue weighted by atomic mass is 9.83. The Morgan fingerprint density at radius 1 is 1.14 bits per heavy atom. The fraction of sp³-hybridized carbons (Fsp3) is 0.227. The molecule has 146 valence electrons. The number of hydrazone groups is 1. The largest absolute Gasteiger partial charge is 0.356 e. The van der Waals surface area contributed by atoms with Crippen LogP contribution < -0.4 is 0 Å². The Bertz CT molecular complexity index is 1170. The molecule has 7 heteroatoms. The number of carbonyl (C=O) groups excluding carboxylic acids is 2. The number of fused-ring (bicyclic) bond motifs is 5. The lowest BCUT2D eigenvalue weighted by Gasteiger charge is -2.48. The van der Waals surface area contributed by atoms with E-state index < -0.39 is 5.54 Å². The molecule has 2 aliphatic heterocycles. The minimum absolute atomic E-state index is 0.109. The van der Waals surface area contributed by atoms with E-state index in [1.54, 1.807) is 24.0 Å². The van der Waals surface area contributed by atoms with E-state index in [1.165, 1.54) is 23.4 Å². The van der Waals surface area contributed by atoms with Crippen LogP contribution in [0.3, 0.4) is 0 Å². The Labute approximate surface area is 166 Å². The van der Waals surface area contributed by atoms with Gasteiger partial charge >= 0.3 is 0 Å². The normalized spacial score (nSPS) is 21.7. The van der Waals surface area contributed by atoms with Crippen molar-refractivity contribution >= 4 is 28.9 Å². The molecule has 0 bridgehead atoms. The SMILES string of the molecule is CC12C(=O)N(N=Cc3ccc(F)cc3)CC(=O)N1CCc1c2[nH]c2ccccc12. The number of aromatic nitrogens is 1. The van der Waals surface area contributed by atoms with E-state index in [2.05, 4.69) is 10.1 Å². The Morgan fingerprint density at radius 3 is 2.69 bits per heavy atom. The molecule has 5 rings (SSSR count). The first kappa shape index (κ1) is 17.6. The van der Waals surface area contributed by atoms with Crippen LogP contribution in [0, 0.1) is 5.82 Å². The van der Waals surface area contributed by atoms with E-state index in [0.717, 1.165) is 22.2 Å². The first-order valence-corrected chi connectivity index (χ1v) is 9.50. The van der Waals surface area contributed by atoms with Crippen molar-refractivity contribution in [3.05, 3.63) is 71.2 Å². The molecule has 29 heavy (non-hydrogen) atoms. The van der Waals surface area contributed by atoms with Gasteiger partial charge in [0.25, 0.3) is 5.91 Å². The maximum absolute atomic E-state index is 13.5. The molecule has 2 amide bonds. The maximum atomic E-state index is 13.5. The number of H-pyrrole nitrogens is 1. The van der Waals surface area contributed by atoms with Crippen LogP contribution in [0.5, 0.6) is 0 Å². The molecule has 1 unspecified atom stereocenters. The molecule has 1 fully saturated rings. The van der Waals surface area contributed by atoms with Crippen LogP contribution in [0.25, 0.3) is 10.9 Å². The van der Waals surface area contributed by atoms with E-state index in [-0.39, 0.29) is 24.2 Å². The molecular weight excluding hydrogens is 371 g/mol. The first-order valence-electron chi connectivity index (χ1n) is 9.50. The molecular formula is C22H19FN4O2. The summed E-state index contributed by atoms with van der Waals surface area (Å²) in [5, 5.41) is 6.54. The number of nitrogens with zero attached hydrogens (tertiary/aromatic N) is 3. The van der Waals surface area contributed by atoms with Crippen LogP contribution in [0.1, 0.15) is 23.7 Å². The third-order valence-electron chi connectivity index (χ3n) is 5.88. The van der Waals surface area contributed by atoms with Crippen LogP contribution in [0.15, 0.2) is 53.6 Å². The number of amides is 2. The van der Waals surface area contributed by atoms with Crippen LogP contribution in [-0.2, 0) is 21.5 Å². The van der Waals surface area contributed by atoms with Crippen molar-refractivity contribution in [2.24, 2.45) is 5.10 Å². The molecule has 1 aromatic heterocycles. The lowest BCUT2D eigenvalue weighted by molar-refractivity contribution is -0.165. The van der Waals surface area contributed by atoms with Crippen molar-refractivity contribution in [2.75, 3.05) is 13.1 Å². The standard InChI is InChI=1S/C22H19FN4O2/c1-22-20-17(16-4-2-3-5-18(16)25-20)10-11-26(22)19(28)13-27(21(22)29)24-12-14-6-8-15(23)9-7-14/h2-9,12,25H,10-11,13H2,1H3. The van der Waals surface area contributed by atoms with Gasteiger partial charge in [0.15, 0.2) is 5.54 Å². The molecule has 3 aromatic rings. The first-order chi connectivity index (χ1) is 14.0. The summed E-state index contributed by atoms with van der Waals surface area (Å²) in [6, 6.07) is 13.7. The minimum atomic E-state index is -1.14. The fourth-order valence-electron chi connectivity index (χ4n) is 4.37. The smallest absolute Gasteiger partial charge is 0.275 e. The molecule has 0 radical (unpaired) electrons. The maximum Gasteiger partial charge on any atom is 0.275 e. The second kappa shape index (κ2) is 6.27. The third-order valence-corrected chi connectivity index (χ3v) is 5.88. The second-order valence-electron chi connectivity index (χ2n) is 7.55. The van der Waals surface area contributed by atoms with Crippen molar-refractivity contribution < 1.29 is 14.0 Å². The van der Waals surface area contributed by atoms with Crippen molar-refractivity contribution in [1.82, 2.24) is 14.9 Å². The number of piperazine rings is 1. The van der Waals surface area contributed by atoms with Gasteiger partial charge in [-0.1, -0.05) is 30.3 Å². The van der Waals surface area contributed by atoms with E-state index >= 15 is 0 Å². The molecule has 0 spiro atoms. The Kier molecular flexibility index (Phi) is 3.81. The molecule has 1 N–H and O–H groups in total. The Hall–Kier alpha value is -3.48. The highest BCUT2D eigenvalue weighted by Crippen LogP contribution is 2.41. The number of nitrogens with one attached hydrogen (secondary N) is 1. The zero-order valence-corrected chi connectivity index (χ0v) is 15.9. The summed E-state index contributed by atoms with van der Waals surface area (Å²) in [7, 11) is 0. The number of hydrogen-bond acceptors (Lipinski definition) is 3. The predicted octanol–water partition coefficient (Wildman–Crippen LogP) is 2.78. The average molecular weight is 390 g/mol. The van der Waals surface area contributed by atoms with Gasteiger partial charge in [-0.2, -0.15) is 5.10 Å². The summed E-state index contributed by atoms with van der Waals surface area (Å²) in [4.78, 5) is 31.4. The highest BCUT2D eigenvalue weighted by molar-refractivity contribution is 6.01. The van der Waals surface area contributed by atoms with Crippen molar-refractivity contribution in [3.63, 3.8) is 0 Å². The van der Waals surface area contributed by atoms with Gasteiger partial charge in [-0.3, -0.25) is 9.59 Å². The van der Waals surface area contributed by atoms with Gasteiger partial charge in [-0.15, -0.1) is 0 Å². The van der Waals surface area contributed by atoms with Gasteiger partial charge in [-0.25, -0.2) is 9.40 Å². The van der Waals surface area contributed by atoms with E-state index in [9.17, 15) is 14.0 Å². The monoisotopic (exact) mass is 390 g/mol. The van der Waals surface area contributed by atoms with Gasteiger partial charge in [-0.05, 0) is 42.7 Å². The summed E-state index contributed by atoms with van der Waals surface area (Å²) in [6.45, 7) is 2.16. The van der Waals surface area contributed by atoms with Crippen LogP contribution in [0.4, 0.5) is 4.39 Å². The average Bonchev–Trinajstić information content (AvgIpc) is 3.11. The number of halogens is 1. The number of para-hydroxylation sites is 1. The summed E-state index contributed by atoms with van der Waals surface area (Å²) in [5.74, 6) is -0.751. The molecule has 2 aliphatic rings. The topological polar surface area (TPSA) is 68.8 Å². The molecule has 6 nitrogen and oxygen atoms in total. The molecule has 1 saturated heterocycles. The Morgan fingerprint density at radius 2 is 1.90 bits per heavy atom. The number of benzene rings is 2. The van der Waals surface area contributed by atoms with Crippen molar-refractivity contribution in [1.29, 1.82) is 0 Å². The lowest BCUT2D eigenvalue weighted by Crippen LogP contribution is -2.65. The molecule has 0 saturated carbocycles. The minimum Gasteiger partial charge on any atom is -0.356 e. The summed E-state index contributed by atoms with van der Waals surface area (Å²) in [5.41, 5.74) is 2.29. The molecule has 0 aliphatic carbocycles. The van der Waals surface area contributed by atoms with E-state index in [1.807, 2.05) is 24.3 Å². The van der Waals surface area contributed by atoms with Gasteiger partial charge in [0.2, 0.25) is 5.91 Å². The van der Waals surface area contributed by atoms with Crippen LogP contribution >= 0.6 is 0 Å².